The maximum Gasteiger partial charge on any atom is 0.264 e. The zero-order valence-electron chi connectivity index (χ0n) is 26.7. The van der Waals surface area contributed by atoms with Crippen molar-refractivity contribution >= 4 is 27.5 Å². The lowest BCUT2D eigenvalue weighted by Gasteiger charge is -2.34. The van der Waals surface area contributed by atoms with Crippen LogP contribution in [0, 0.1) is 26.7 Å². The molecule has 0 aromatic heterocycles. The van der Waals surface area contributed by atoms with Gasteiger partial charge in [0.05, 0.1) is 10.6 Å². The van der Waals surface area contributed by atoms with Gasteiger partial charge in [0.25, 0.3) is 10.0 Å². The van der Waals surface area contributed by atoms with Gasteiger partial charge < -0.3 is 10.2 Å². The normalized spacial score (nSPS) is 12.0. The van der Waals surface area contributed by atoms with Crippen molar-refractivity contribution in [3.63, 3.8) is 0 Å². The number of hydrogen-bond acceptors (Lipinski definition) is 4. The fraction of sp³-hybridized carbons (Fsp3) is 0.297. The van der Waals surface area contributed by atoms with Crippen LogP contribution in [0.3, 0.4) is 0 Å². The highest BCUT2D eigenvalue weighted by Crippen LogP contribution is 2.29. The third-order valence-electron chi connectivity index (χ3n) is 7.67. The number of carbonyl (C=O) groups is 2. The summed E-state index contributed by atoms with van der Waals surface area (Å²) in [6.07, 6.45) is 0.275. The van der Waals surface area contributed by atoms with Gasteiger partial charge in [-0.1, -0.05) is 104 Å². The summed E-state index contributed by atoms with van der Waals surface area (Å²) < 4.78 is 29.6. The summed E-state index contributed by atoms with van der Waals surface area (Å²) >= 11 is 0. The number of nitrogens with zero attached hydrogens (tertiary/aromatic N) is 2. The molecule has 4 aromatic carbocycles. The van der Waals surface area contributed by atoms with Gasteiger partial charge in [0.2, 0.25) is 11.8 Å². The van der Waals surface area contributed by atoms with Gasteiger partial charge >= 0.3 is 0 Å². The smallest absolute Gasteiger partial charge is 0.264 e. The monoisotopic (exact) mass is 625 g/mol. The molecule has 7 nitrogen and oxygen atoms in total. The second-order valence-electron chi connectivity index (χ2n) is 12.0. The van der Waals surface area contributed by atoms with Crippen LogP contribution in [0.4, 0.5) is 5.69 Å². The van der Waals surface area contributed by atoms with Crippen LogP contribution in [0.1, 0.15) is 41.7 Å². The summed E-state index contributed by atoms with van der Waals surface area (Å²) in [6, 6.07) is 30.2. The molecule has 0 bridgehead atoms. The number of sulfonamides is 1. The van der Waals surface area contributed by atoms with Crippen molar-refractivity contribution in [1.29, 1.82) is 0 Å². The first-order valence-electron chi connectivity index (χ1n) is 15.3. The number of carbonyl (C=O) groups excluding carboxylic acids is 2. The lowest BCUT2D eigenvalue weighted by Crippen LogP contribution is -2.53. The van der Waals surface area contributed by atoms with E-state index in [2.05, 4.69) is 5.32 Å². The first-order chi connectivity index (χ1) is 21.5. The van der Waals surface area contributed by atoms with Crippen molar-refractivity contribution in [2.75, 3.05) is 17.4 Å². The molecule has 0 spiro atoms. The zero-order valence-corrected chi connectivity index (χ0v) is 27.6. The van der Waals surface area contributed by atoms with Gasteiger partial charge in [-0.25, -0.2) is 8.42 Å². The highest BCUT2D eigenvalue weighted by Gasteiger charge is 2.35. The molecule has 0 aliphatic heterocycles. The maximum absolute atomic E-state index is 14.6. The van der Waals surface area contributed by atoms with Crippen molar-refractivity contribution in [1.82, 2.24) is 10.2 Å². The van der Waals surface area contributed by atoms with E-state index < -0.39 is 28.5 Å². The van der Waals surface area contributed by atoms with Gasteiger partial charge in [0.15, 0.2) is 0 Å². The third-order valence-corrected chi connectivity index (χ3v) is 9.45. The molecule has 0 saturated carbocycles. The molecule has 0 heterocycles. The van der Waals surface area contributed by atoms with Crippen molar-refractivity contribution in [3.8, 4) is 0 Å². The van der Waals surface area contributed by atoms with Crippen LogP contribution in [0.15, 0.2) is 108 Å². The molecular weight excluding hydrogens is 582 g/mol. The summed E-state index contributed by atoms with van der Waals surface area (Å²) in [5.74, 6) is -0.544. The van der Waals surface area contributed by atoms with Crippen molar-refractivity contribution in [3.05, 3.63) is 131 Å². The number of anilines is 1. The Labute approximate surface area is 268 Å². The average Bonchev–Trinajstić information content (AvgIpc) is 3.03. The fourth-order valence-corrected chi connectivity index (χ4v) is 6.58. The van der Waals surface area contributed by atoms with Gasteiger partial charge in [-0.15, -0.1) is 0 Å². The Morgan fingerprint density at radius 1 is 0.756 bits per heavy atom. The van der Waals surface area contributed by atoms with Gasteiger partial charge in [0.1, 0.15) is 12.6 Å². The molecule has 45 heavy (non-hydrogen) atoms. The van der Waals surface area contributed by atoms with E-state index in [0.717, 1.165) is 22.3 Å². The zero-order chi connectivity index (χ0) is 32.6. The van der Waals surface area contributed by atoms with Crippen LogP contribution >= 0.6 is 0 Å². The average molecular weight is 626 g/mol. The quantitative estimate of drug-likeness (QED) is 0.191. The Bertz CT molecular complexity index is 1690. The Balaban J connectivity index is 1.82. The van der Waals surface area contributed by atoms with Crippen LogP contribution in [0.25, 0.3) is 0 Å². The fourth-order valence-electron chi connectivity index (χ4n) is 5.09. The number of amides is 2. The molecule has 4 aromatic rings. The van der Waals surface area contributed by atoms with E-state index in [1.54, 1.807) is 24.3 Å². The minimum atomic E-state index is -4.14. The largest absolute Gasteiger partial charge is 0.354 e. The van der Waals surface area contributed by atoms with Crippen LogP contribution in [0.5, 0.6) is 0 Å². The minimum Gasteiger partial charge on any atom is -0.354 e. The minimum absolute atomic E-state index is 0.0827. The molecule has 1 unspecified atom stereocenters. The Hall–Kier alpha value is -4.43. The molecule has 236 valence electrons. The Morgan fingerprint density at radius 3 is 1.98 bits per heavy atom. The Kier molecular flexibility index (Phi) is 11.2. The number of nitrogens with one attached hydrogen (secondary N) is 1. The molecule has 8 heteroatoms. The highest BCUT2D eigenvalue weighted by atomic mass is 32.2. The second-order valence-corrected chi connectivity index (χ2v) is 13.8. The molecule has 4 rings (SSSR count). The van der Waals surface area contributed by atoms with Crippen molar-refractivity contribution in [2.45, 2.75) is 58.5 Å². The van der Waals surface area contributed by atoms with Crippen LogP contribution in [-0.2, 0) is 32.6 Å². The van der Waals surface area contributed by atoms with Gasteiger partial charge in [-0.05, 0) is 67.1 Å². The topological polar surface area (TPSA) is 86.8 Å². The summed E-state index contributed by atoms with van der Waals surface area (Å²) in [6.45, 7) is 9.84. The molecule has 0 radical (unpaired) electrons. The SMILES string of the molecule is Cc1ccc(CN(C(=O)CN(c2cc(C)ccc2C)S(=O)(=O)c2ccccc2)C(Cc2ccccc2)C(=O)NCC(C)C)cc1. The first-order valence-corrected chi connectivity index (χ1v) is 16.7. The maximum atomic E-state index is 14.6. The molecular formula is C37H43N3O4S. The van der Waals surface area contributed by atoms with Crippen LogP contribution in [-0.4, -0.2) is 44.3 Å². The van der Waals surface area contributed by atoms with Crippen molar-refractivity contribution < 1.29 is 18.0 Å². The van der Waals surface area contributed by atoms with E-state index >= 15 is 0 Å². The predicted molar refractivity (Wildman–Crippen MR) is 180 cm³/mol. The molecule has 0 aliphatic carbocycles. The molecule has 1 N–H and O–H groups in total. The van der Waals surface area contributed by atoms with E-state index in [4.69, 9.17) is 0 Å². The lowest BCUT2D eigenvalue weighted by atomic mass is 10.0. The van der Waals surface area contributed by atoms with E-state index in [0.29, 0.717) is 17.8 Å². The van der Waals surface area contributed by atoms with Crippen LogP contribution < -0.4 is 9.62 Å². The second kappa shape index (κ2) is 15.0. The number of rotatable bonds is 13. The highest BCUT2D eigenvalue weighted by molar-refractivity contribution is 7.92. The van der Waals surface area contributed by atoms with E-state index in [1.165, 1.54) is 21.3 Å². The van der Waals surface area contributed by atoms with Crippen molar-refractivity contribution in [2.24, 2.45) is 5.92 Å². The van der Waals surface area contributed by atoms with Gasteiger partial charge in [-0.3, -0.25) is 13.9 Å². The molecule has 0 fully saturated rings. The Morgan fingerprint density at radius 2 is 1.36 bits per heavy atom. The third kappa shape index (κ3) is 8.82. The molecule has 0 aliphatic rings. The number of benzene rings is 4. The summed E-state index contributed by atoms with van der Waals surface area (Å²) in [5.41, 5.74) is 4.81. The van der Waals surface area contributed by atoms with Gasteiger partial charge in [-0.2, -0.15) is 0 Å². The summed E-state index contributed by atoms with van der Waals surface area (Å²) in [7, 11) is -4.14. The van der Waals surface area contributed by atoms with Crippen LogP contribution in [0.2, 0.25) is 0 Å². The summed E-state index contributed by atoms with van der Waals surface area (Å²) in [4.78, 5) is 30.1. The standard InChI is InChI=1S/C37H43N3O4S/c1-27(2)24-38-37(42)35(23-31-12-8-6-9-13-31)39(25-32-20-17-28(3)18-21-32)36(41)26-40(34-22-29(4)16-19-30(34)5)45(43,44)33-14-10-7-11-15-33/h6-22,27,35H,23-26H2,1-5H3,(H,38,42). The van der Waals surface area contributed by atoms with E-state index in [9.17, 15) is 18.0 Å². The van der Waals surface area contributed by atoms with Gasteiger partial charge in [0, 0.05) is 19.5 Å². The van der Waals surface area contributed by atoms with E-state index in [-0.39, 0.29) is 29.7 Å². The molecule has 0 saturated heterocycles. The number of aryl methyl sites for hydroxylation is 3. The first kappa shape index (κ1) is 33.5. The predicted octanol–water partition coefficient (Wildman–Crippen LogP) is 6.22. The van der Waals surface area contributed by atoms with E-state index in [1.807, 2.05) is 101 Å². The summed E-state index contributed by atoms with van der Waals surface area (Å²) in [5, 5.41) is 3.03. The molecule has 2 amide bonds. The molecule has 1 atom stereocenters. The number of hydrogen-bond donors (Lipinski definition) is 1. The lowest BCUT2D eigenvalue weighted by molar-refractivity contribution is -0.140.